The Balaban J connectivity index is 1.79. The smallest absolute Gasteiger partial charge is 0.0132 e. The molecule has 0 bridgehead atoms. The van der Waals surface area contributed by atoms with Crippen molar-refractivity contribution >= 4 is 0 Å². The van der Waals surface area contributed by atoms with E-state index in [1.807, 2.05) is 0 Å². The van der Waals surface area contributed by atoms with E-state index in [-0.39, 0.29) is 0 Å². The largest absolute Gasteiger partial charge is 0.330 e. The zero-order valence-corrected chi connectivity index (χ0v) is 12.9. The van der Waals surface area contributed by atoms with Gasteiger partial charge in [0, 0.05) is 6.04 Å². The minimum atomic E-state index is 0.707. The molecule has 1 aliphatic rings. The van der Waals surface area contributed by atoms with Gasteiger partial charge in [-0.2, -0.15) is 0 Å². The summed E-state index contributed by atoms with van der Waals surface area (Å²) in [6, 6.07) is 11.5. The summed E-state index contributed by atoms with van der Waals surface area (Å²) in [6.45, 7) is 2.05. The lowest BCUT2D eigenvalue weighted by Crippen LogP contribution is -2.41. The quantitative estimate of drug-likeness (QED) is 0.805. The molecule has 0 radical (unpaired) electrons. The Morgan fingerprint density at radius 3 is 2.60 bits per heavy atom. The van der Waals surface area contributed by atoms with Gasteiger partial charge in [0.05, 0.1) is 0 Å². The van der Waals surface area contributed by atoms with E-state index in [4.69, 9.17) is 5.73 Å². The molecule has 2 unspecified atom stereocenters. The minimum absolute atomic E-state index is 0.707. The molecule has 0 heterocycles. The monoisotopic (exact) mass is 274 g/mol. The van der Waals surface area contributed by atoms with Gasteiger partial charge in [0.1, 0.15) is 0 Å². The maximum Gasteiger partial charge on any atom is 0.0132 e. The molecule has 112 valence electrons. The van der Waals surface area contributed by atoms with Crippen molar-refractivity contribution in [2.45, 2.75) is 51.0 Å². The van der Waals surface area contributed by atoms with Crippen molar-refractivity contribution in [3.05, 3.63) is 35.9 Å². The number of nitrogens with two attached hydrogens (primary N) is 1. The Labute approximate surface area is 124 Å². The first-order valence-electron chi connectivity index (χ1n) is 8.25. The molecule has 1 saturated carbocycles. The van der Waals surface area contributed by atoms with Crippen LogP contribution in [0.4, 0.5) is 0 Å². The fraction of sp³-hybridized carbons (Fsp3) is 0.667. The Kier molecular flexibility index (Phi) is 6.55. The van der Waals surface area contributed by atoms with Gasteiger partial charge in [-0.15, -0.1) is 0 Å². The molecule has 0 aliphatic heterocycles. The topological polar surface area (TPSA) is 29.3 Å². The van der Waals surface area contributed by atoms with E-state index in [9.17, 15) is 0 Å². The van der Waals surface area contributed by atoms with Gasteiger partial charge in [-0.3, -0.25) is 0 Å². The standard InChI is InChI=1S/C18H30N2/c1-20(14-8-11-16-9-4-2-5-10-16)18-13-7-3-6-12-17(18)15-19/h2,4-5,9-10,17-18H,3,6-8,11-15,19H2,1H3. The van der Waals surface area contributed by atoms with E-state index in [0.29, 0.717) is 12.0 Å². The molecule has 2 rings (SSSR count). The third kappa shape index (κ3) is 4.60. The Hall–Kier alpha value is -0.860. The average Bonchev–Trinajstić information content (AvgIpc) is 2.73. The molecule has 2 atom stereocenters. The summed E-state index contributed by atoms with van der Waals surface area (Å²) in [5.41, 5.74) is 7.45. The van der Waals surface area contributed by atoms with Crippen LogP contribution >= 0.6 is 0 Å². The number of benzene rings is 1. The number of hydrogen-bond donors (Lipinski definition) is 1. The van der Waals surface area contributed by atoms with Gasteiger partial charge in [-0.1, -0.05) is 49.6 Å². The van der Waals surface area contributed by atoms with Crippen LogP contribution in [0.1, 0.15) is 44.1 Å². The minimum Gasteiger partial charge on any atom is -0.330 e. The summed E-state index contributed by atoms with van der Waals surface area (Å²) in [5.74, 6) is 0.708. The first kappa shape index (κ1) is 15.5. The number of nitrogens with zero attached hydrogens (tertiary/aromatic N) is 1. The van der Waals surface area contributed by atoms with Gasteiger partial charge in [0.15, 0.2) is 0 Å². The van der Waals surface area contributed by atoms with Crippen LogP contribution in [0.25, 0.3) is 0 Å². The van der Waals surface area contributed by atoms with Gasteiger partial charge in [-0.05, 0) is 57.3 Å². The van der Waals surface area contributed by atoms with Crippen molar-refractivity contribution in [2.75, 3.05) is 20.1 Å². The van der Waals surface area contributed by atoms with Crippen LogP contribution in [0.15, 0.2) is 30.3 Å². The molecule has 0 aromatic heterocycles. The molecule has 20 heavy (non-hydrogen) atoms. The maximum absolute atomic E-state index is 5.99. The van der Waals surface area contributed by atoms with Gasteiger partial charge >= 0.3 is 0 Å². The lowest BCUT2D eigenvalue weighted by molar-refractivity contribution is 0.166. The van der Waals surface area contributed by atoms with Crippen LogP contribution in [0, 0.1) is 5.92 Å². The zero-order chi connectivity index (χ0) is 14.2. The molecular formula is C18H30N2. The highest BCUT2D eigenvalue weighted by atomic mass is 15.1. The molecule has 0 amide bonds. The van der Waals surface area contributed by atoms with Crippen LogP contribution in [-0.4, -0.2) is 31.1 Å². The molecule has 0 spiro atoms. The highest BCUT2D eigenvalue weighted by molar-refractivity contribution is 5.14. The second-order valence-corrected chi connectivity index (χ2v) is 6.27. The van der Waals surface area contributed by atoms with Crippen molar-refractivity contribution < 1.29 is 0 Å². The number of hydrogen-bond acceptors (Lipinski definition) is 2. The van der Waals surface area contributed by atoms with Crippen LogP contribution < -0.4 is 5.73 Å². The molecule has 1 aromatic carbocycles. The van der Waals surface area contributed by atoms with Crippen LogP contribution in [0.5, 0.6) is 0 Å². The summed E-state index contributed by atoms with van der Waals surface area (Å²) in [4.78, 5) is 2.58. The van der Waals surface area contributed by atoms with E-state index in [1.165, 1.54) is 57.1 Å². The van der Waals surface area contributed by atoms with Gasteiger partial charge in [0.2, 0.25) is 0 Å². The van der Waals surface area contributed by atoms with Crippen LogP contribution in [-0.2, 0) is 6.42 Å². The van der Waals surface area contributed by atoms with Crippen molar-refractivity contribution in [2.24, 2.45) is 11.7 Å². The van der Waals surface area contributed by atoms with E-state index >= 15 is 0 Å². The highest BCUT2D eigenvalue weighted by Gasteiger charge is 2.25. The highest BCUT2D eigenvalue weighted by Crippen LogP contribution is 2.26. The molecule has 1 fully saturated rings. The second-order valence-electron chi connectivity index (χ2n) is 6.27. The van der Waals surface area contributed by atoms with E-state index in [1.54, 1.807) is 0 Å². The van der Waals surface area contributed by atoms with Gasteiger partial charge < -0.3 is 10.6 Å². The summed E-state index contributed by atoms with van der Waals surface area (Å²) in [5, 5.41) is 0. The molecule has 2 nitrogen and oxygen atoms in total. The summed E-state index contributed by atoms with van der Waals surface area (Å²) in [7, 11) is 2.30. The summed E-state index contributed by atoms with van der Waals surface area (Å²) >= 11 is 0. The molecule has 0 saturated heterocycles. The first-order valence-corrected chi connectivity index (χ1v) is 8.25. The van der Waals surface area contributed by atoms with E-state index < -0.39 is 0 Å². The molecular weight excluding hydrogens is 244 g/mol. The van der Waals surface area contributed by atoms with Crippen molar-refractivity contribution in [3.8, 4) is 0 Å². The predicted molar refractivity (Wildman–Crippen MR) is 86.8 cm³/mol. The van der Waals surface area contributed by atoms with Gasteiger partial charge in [0.25, 0.3) is 0 Å². The second kappa shape index (κ2) is 8.43. The van der Waals surface area contributed by atoms with Gasteiger partial charge in [-0.25, -0.2) is 0 Å². The maximum atomic E-state index is 5.99. The lowest BCUT2D eigenvalue weighted by Gasteiger charge is -2.33. The van der Waals surface area contributed by atoms with E-state index in [0.717, 1.165) is 6.54 Å². The summed E-state index contributed by atoms with van der Waals surface area (Å²) < 4.78 is 0. The SMILES string of the molecule is CN(CCCc1ccccc1)C1CCCCCC1CN. The number of aryl methyl sites for hydroxylation is 1. The van der Waals surface area contributed by atoms with E-state index in [2.05, 4.69) is 42.3 Å². The fourth-order valence-electron chi connectivity index (χ4n) is 3.56. The zero-order valence-electron chi connectivity index (χ0n) is 12.9. The van der Waals surface area contributed by atoms with Crippen LogP contribution in [0.3, 0.4) is 0 Å². The average molecular weight is 274 g/mol. The Morgan fingerprint density at radius 2 is 1.85 bits per heavy atom. The normalized spacial score (nSPS) is 23.8. The van der Waals surface area contributed by atoms with Crippen molar-refractivity contribution in [3.63, 3.8) is 0 Å². The third-order valence-corrected chi connectivity index (χ3v) is 4.81. The van der Waals surface area contributed by atoms with Crippen LogP contribution in [0.2, 0.25) is 0 Å². The first-order chi connectivity index (χ1) is 9.81. The predicted octanol–water partition coefficient (Wildman–Crippen LogP) is 3.46. The molecule has 2 heteroatoms. The number of rotatable bonds is 6. The summed E-state index contributed by atoms with van der Waals surface area (Å²) in [6.07, 6.45) is 9.23. The Bertz CT molecular complexity index is 363. The third-order valence-electron chi connectivity index (χ3n) is 4.81. The Morgan fingerprint density at radius 1 is 1.10 bits per heavy atom. The fourth-order valence-corrected chi connectivity index (χ4v) is 3.56. The lowest BCUT2D eigenvalue weighted by atomic mass is 9.93. The molecule has 2 N–H and O–H groups in total. The van der Waals surface area contributed by atoms with Crippen molar-refractivity contribution in [1.29, 1.82) is 0 Å². The van der Waals surface area contributed by atoms with Crippen molar-refractivity contribution in [1.82, 2.24) is 4.90 Å². The molecule has 1 aliphatic carbocycles. The molecule has 1 aromatic rings.